The first-order valence-electron chi connectivity index (χ1n) is 10.0. The predicted octanol–water partition coefficient (Wildman–Crippen LogP) is 2.76. The van der Waals surface area contributed by atoms with E-state index < -0.39 is 10.0 Å². The van der Waals surface area contributed by atoms with Crippen molar-refractivity contribution >= 4 is 27.3 Å². The molecule has 1 aliphatic heterocycles. The number of anilines is 1. The lowest BCUT2D eigenvalue weighted by atomic mass is 10.1. The number of fused-ring (bicyclic) bond motifs is 2. The van der Waals surface area contributed by atoms with E-state index in [1.54, 1.807) is 35.2 Å². The summed E-state index contributed by atoms with van der Waals surface area (Å²) in [4.78, 5) is 19.3. The van der Waals surface area contributed by atoms with Crippen LogP contribution in [0.25, 0.3) is 5.65 Å². The van der Waals surface area contributed by atoms with E-state index in [0.717, 1.165) is 16.9 Å². The second kappa shape index (κ2) is 7.77. The Morgan fingerprint density at radius 1 is 1.09 bits per heavy atom. The van der Waals surface area contributed by atoms with Crippen LogP contribution >= 0.6 is 0 Å². The molecule has 0 fully saturated rings. The SMILES string of the molecule is NS(=O)(=O)c1ccc2c(c1)N(C(=O)c1cccc(OCc3cn4ccccc4n3)c1)CC2. The second-order valence-corrected chi connectivity index (χ2v) is 9.12. The first-order valence-corrected chi connectivity index (χ1v) is 11.6. The Balaban J connectivity index is 1.35. The maximum absolute atomic E-state index is 13.2. The molecular formula is C23H20N4O4S. The van der Waals surface area contributed by atoms with Crippen LogP contribution in [0.4, 0.5) is 5.69 Å². The summed E-state index contributed by atoms with van der Waals surface area (Å²) in [6, 6.07) is 17.3. The number of nitrogens with two attached hydrogens (primary N) is 1. The van der Waals surface area contributed by atoms with E-state index in [-0.39, 0.29) is 17.4 Å². The molecule has 1 aliphatic rings. The van der Waals surface area contributed by atoms with Crippen molar-refractivity contribution in [3.8, 4) is 5.75 Å². The van der Waals surface area contributed by atoms with Crippen molar-refractivity contribution in [2.75, 3.05) is 11.4 Å². The lowest BCUT2D eigenvalue weighted by molar-refractivity contribution is 0.0989. The van der Waals surface area contributed by atoms with Crippen LogP contribution in [-0.2, 0) is 23.1 Å². The van der Waals surface area contributed by atoms with Gasteiger partial charge in [-0.3, -0.25) is 4.79 Å². The molecule has 0 unspecified atom stereocenters. The molecule has 1 amide bonds. The molecule has 5 rings (SSSR count). The Bertz CT molecular complexity index is 1410. The summed E-state index contributed by atoms with van der Waals surface area (Å²) in [5.74, 6) is 0.319. The van der Waals surface area contributed by atoms with Gasteiger partial charge in [-0.15, -0.1) is 0 Å². The minimum Gasteiger partial charge on any atom is -0.487 e. The Kier molecular flexibility index (Phi) is 4.91. The lowest BCUT2D eigenvalue weighted by Gasteiger charge is -2.18. The number of primary sulfonamides is 1. The van der Waals surface area contributed by atoms with Crippen LogP contribution in [0, 0.1) is 0 Å². The highest BCUT2D eigenvalue weighted by atomic mass is 32.2. The number of ether oxygens (including phenoxy) is 1. The smallest absolute Gasteiger partial charge is 0.258 e. The number of hydrogen-bond acceptors (Lipinski definition) is 5. The molecule has 0 atom stereocenters. The normalized spacial score (nSPS) is 13.3. The number of rotatable bonds is 5. The van der Waals surface area contributed by atoms with Gasteiger partial charge >= 0.3 is 0 Å². The van der Waals surface area contributed by atoms with E-state index in [2.05, 4.69) is 4.98 Å². The first kappa shape index (κ1) is 20.2. The fourth-order valence-electron chi connectivity index (χ4n) is 3.84. The molecule has 3 heterocycles. The molecule has 0 aliphatic carbocycles. The van der Waals surface area contributed by atoms with Crippen molar-refractivity contribution in [1.82, 2.24) is 9.38 Å². The molecule has 32 heavy (non-hydrogen) atoms. The molecular weight excluding hydrogens is 428 g/mol. The topological polar surface area (TPSA) is 107 Å². The number of benzene rings is 2. The van der Waals surface area contributed by atoms with Crippen molar-refractivity contribution < 1.29 is 17.9 Å². The zero-order valence-electron chi connectivity index (χ0n) is 17.0. The van der Waals surface area contributed by atoms with Crippen LogP contribution in [0.3, 0.4) is 0 Å². The molecule has 9 heteroatoms. The third kappa shape index (κ3) is 3.83. The summed E-state index contributed by atoms with van der Waals surface area (Å²) in [6.45, 7) is 0.734. The van der Waals surface area contributed by atoms with Crippen molar-refractivity contribution in [3.05, 3.63) is 89.9 Å². The number of aromatic nitrogens is 2. The average Bonchev–Trinajstić information content (AvgIpc) is 3.40. The maximum Gasteiger partial charge on any atom is 0.258 e. The van der Waals surface area contributed by atoms with E-state index in [0.29, 0.717) is 30.0 Å². The molecule has 0 radical (unpaired) electrons. The Morgan fingerprint density at radius 2 is 1.97 bits per heavy atom. The monoisotopic (exact) mass is 448 g/mol. The van der Waals surface area contributed by atoms with Crippen LogP contribution in [0.1, 0.15) is 21.6 Å². The number of carbonyl (C=O) groups excluding carboxylic acids is 1. The van der Waals surface area contributed by atoms with Gasteiger partial charge in [0, 0.05) is 30.2 Å². The van der Waals surface area contributed by atoms with Crippen LogP contribution in [0.2, 0.25) is 0 Å². The van der Waals surface area contributed by atoms with E-state index in [1.165, 1.54) is 12.1 Å². The number of pyridine rings is 1. The fraction of sp³-hybridized carbons (Fsp3) is 0.130. The number of imidazole rings is 1. The summed E-state index contributed by atoms with van der Waals surface area (Å²) in [5.41, 5.74) is 3.53. The summed E-state index contributed by atoms with van der Waals surface area (Å²) < 4.78 is 31.2. The van der Waals surface area contributed by atoms with Crippen LogP contribution in [0.15, 0.2) is 78.0 Å². The van der Waals surface area contributed by atoms with Gasteiger partial charge in [-0.1, -0.05) is 18.2 Å². The van der Waals surface area contributed by atoms with Gasteiger partial charge in [-0.2, -0.15) is 0 Å². The highest BCUT2D eigenvalue weighted by Gasteiger charge is 2.27. The highest BCUT2D eigenvalue weighted by Crippen LogP contribution is 2.32. The number of hydrogen-bond donors (Lipinski definition) is 1. The van der Waals surface area contributed by atoms with Gasteiger partial charge in [0.2, 0.25) is 10.0 Å². The molecule has 8 nitrogen and oxygen atoms in total. The highest BCUT2D eigenvalue weighted by molar-refractivity contribution is 7.89. The quantitative estimate of drug-likeness (QED) is 0.505. The van der Waals surface area contributed by atoms with E-state index >= 15 is 0 Å². The molecule has 162 valence electrons. The second-order valence-electron chi connectivity index (χ2n) is 7.56. The summed E-state index contributed by atoms with van der Waals surface area (Å²) in [7, 11) is -3.85. The molecule has 4 aromatic rings. The van der Waals surface area contributed by atoms with Gasteiger partial charge in [0.05, 0.1) is 10.6 Å². The molecule has 0 saturated heterocycles. The number of amides is 1. The summed E-state index contributed by atoms with van der Waals surface area (Å²) >= 11 is 0. The zero-order valence-corrected chi connectivity index (χ0v) is 17.8. The van der Waals surface area contributed by atoms with Gasteiger partial charge in [0.1, 0.15) is 18.0 Å². The third-order valence-electron chi connectivity index (χ3n) is 5.41. The van der Waals surface area contributed by atoms with Crippen molar-refractivity contribution in [2.24, 2.45) is 5.14 Å². The summed E-state index contributed by atoms with van der Waals surface area (Å²) in [5, 5.41) is 5.25. The Labute approximate surface area is 184 Å². The Hall–Kier alpha value is -3.69. The molecule has 0 bridgehead atoms. The fourth-order valence-corrected chi connectivity index (χ4v) is 4.37. The van der Waals surface area contributed by atoms with Crippen LogP contribution in [0.5, 0.6) is 5.75 Å². The molecule has 2 aromatic carbocycles. The van der Waals surface area contributed by atoms with Crippen LogP contribution < -0.4 is 14.8 Å². The number of nitrogens with zero attached hydrogens (tertiary/aromatic N) is 3. The summed E-state index contributed by atoms with van der Waals surface area (Å²) in [6.07, 6.45) is 4.46. The van der Waals surface area contributed by atoms with Crippen molar-refractivity contribution in [1.29, 1.82) is 0 Å². The minimum atomic E-state index is -3.85. The van der Waals surface area contributed by atoms with Gasteiger partial charge in [0.15, 0.2) is 0 Å². The standard InChI is InChI=1S/C23H20N4O4S/c24-32(29,30)20-8-7-16-9-11-27(21(16)13-20)23(28)17-4-3-5-19(12-17)31-15-18-14-26-10-2-1-6-22(26)25-18/h1-8,10,12-14H,9,11,15H2,(H2,24,29,30). The van der Waals surface area contributed by atoms with Crippen molar-refractivity contribution in [2.45, 2.75) is 17.9 Å². The zero-order chi connectivity index (χ0) is 22.3. The van der Waals surface area contributed by atoms with Gasteiger partial charge < -0.3 is 14.0 Å². The first-order chi connectivity index (χ1) is 15.4. The van der Waals surface area contributed by atoms with E-state index in [4.69, 9.17) is 9.88 Å². The third-order valence-corrected chi connectivity index (χ3v) is 6.32. The minimum absolute atomic E-state index is 0.0134. The number of carbonyl (C=O) groups is 1. The Morgan fingerprint density at radius 3 is 2.78 bits per heavy atom. The van der Waals surface area contributed by atoms with Gasteiger partial charge in [-0.25, -0.2) is 18.5 Å². The largest absolute Gasteiger partial charge is 0.487 e. The molecule has 2 N–H and O–H groups in total. The predicted molar refractivity (Wildman–Crippen MR) is 119 cm³/mol. The van der Waals surface area contributed by atoms with Crippen LogP contribution in [-0.4, -0.2) is 30.3 Å². The van der Waals surface area contributed by atoms with Gasteiger partial charge in [-0.05, 0) is 54.4 Å². The van der Waals surface area contributed by atoms with Crippen molar-refractivity contribution in [3.63, 3.8) is 0 Å². The number of sulfonamides is 1. The van der Waals surface area contributed by atoms with E-state index in [1.807, 2.05) is 35.0 Å². The molecule has 0 spiro atoms. The molecule has 0 saturated carbocycles. The average molecular weight is 449 g/mol. The van der Waals surface area contributed by atoms with E-state index in [9.17, 15) is 13.2 Å². The lowest BCUT2D eigenvalue weighted by Crippen LogP contribution is -2.29. The van der Waals surface area contributed by atoms with Gasteiger partial charge in [0.25, 0.3) is 5.91 Å². The molecule has 2 aromatic heterocycles. The maximum atomic E-state index is 13.2.